The highest BCUT2D eigenvalue weighted by Crippen LogP contribution is 2.27. The molecular formula is C15H20N2O6. The number of aromatic nitrogens is 2. The molecule has 23 heavy (non-hydrogen) atoms. The summed E-state index contributed by atoms with van der Waals surface area (Å²) in [4.78, 5) is 37.0. The Bertz CT molecular complexity index is 660. The number of hydrogen-bond donors (Lipinski definition) is 1. The molecule has 126 valence electrons. The van der Waals surface area contributed by atoms with Crippen LogP contribution in [-0.2, 0) is 19.0 Å². The first-order chi connectivity index (χ1) is 11.1. The van der Waals surface area contributed by atoms with E-state index in [2.05, 4.69) is 4.98 Å². The van der Waals surface area contributed by atoms with E-state index in [1.165, 1.54) is 16.8 Å². The third-order valence-electron chi connectivity index (χ3n) is 4.21. The highest BCUT2D eigenvalue weighted by molar-refractivity contribution is 5.72. The summed E-state index contributed by atoms with van der Waals surface area (Å²) in [6.45, 7) is 1.37. The maximum absolute atomic E-state index is 12.0. The molecule has 3 rings (SSSR count). The van der Waals surface area contributed by atoms with Gasteiger partial charge in [-0.05, 0) is 25.7 Å². The second kappa shape index (κ2) is 7.10. The van der Waals surface area contributed by atoms with Gasteiger partial charge in [-0.2, -0.15) is 0 Å². The number of esters is 1. The number of carbonyl (C=O) groups excluding carboxylic acids is 1. The van der Waals surface area contributed by atoms with Crippen LogP contribution in [0.5, 0.6) is 0 Å². The molecule has 0 spiro atoms. The van der Waals surface area contributed by atoms with Crippen molar-refractivity contribution in [2.24, 2.45) is 5.92 Å². The van der Waals surface area contributed by atoms with E-state index < -0.39 is 17.5 Å². The van der Waals surface area contributed by atoms with Crippen molar-refractivity contribution in [3.05, 3.63) is 33.1 Å². The first-order valence-corrected chi connectivity index (χ1v) is 7.85. The van der Waals surface area contributed by atoms with Crippen molar-refractivity contribution in [3.8, 4) is 0 Å². The van der Waals surface area contributed by atoms with E-state index in [0.717, 1.165) is 0 Å². The summed E-state index contributed by atoms with van der Waals surface area (Å²) in [7, 11) is 0. The number of carbonyl (C=O) groups is 1. The van der Waals surface area contributed by atoms with Crippen molar-refractivity contribution in [1.29, 1.82) is 0 Å². The fraction of sp³-hybridized carbons (Fsp3) is 0.667. The van der Waals surface area contributed by atoms with Crippen LogP contribution in [0.25, 0.3) is 0 Å². The molecule has 2 saturated heterocycles. The minimum atomic E-state index is -0.498. The molecule has 0 radical (unpaired) electrons. The first-order valence-electron chi connectivity index (χ1n) is 7.85. The summed E-state index contributed by atoms with van der Waals surface area (Å²) in [5.41, 5.74) is -0.937. The molecule has 8 nitrogen and oxygen atoms in total. The van der Waals surface area contributed by atoms with Crippen molar-refractivity contribution in [2.75, 3.05) is 19.8 Å². The summed E-state index contributed by atoms with van der Waals surface area (Å²) in [5, 5.41) is 0. The Kier molecular flexibility index (Phi) is 4.92. The largest absolute Gasteiger partial charge is 0.463 e. The Morgan fingerprint density at radius 1 is 1.26 bits per heavy atom. The average molecular weight is 324 g/mol. The van der Waals surface area contributed by atoms with Crippen LogP contribution in [0.2, 0.25) is 0 Å². The van der Waals surface area contributed by atoms with Gasteiger partial charge in [0, 0.05) is 25.5 Å². The standard InChI is InChI=1S/C15H20N2O6/c18-12-3-6-17(15(20)16-12)13-2-1-11(23-13)9-22-14(19)10-4-7-21-8-5-10/h3,6,10-11,13H,1-2,4-5,7-9H2,(H,16,18,20). The summed E-state index contributed by atoms with van der Waals surface area (Å²) in [6, 6.07) is 1.28. The van der Waals surface area contributed by atoms with E-state index >= 15 is 0 Å². The number of H-pyrrole nitrogens is 1. The topological polar surface area (TPSA) is 99.6 Å². The van der Waals surface area contributed by atoms with Crippen LogP contribution in [-0.4, -0.2) is 41.4 Å². The number of nitrogens with zero attached hydrogens (tertiary/aromatic N) is 1. The lowest BCUT2D eigenvalue weighted by Gasteiger charge is -2.21. The maximum Gasteiger partial charge on any atom is 0.330 e. The van der Waals surface area contributed by atoms with E-state index in [-0.39, 0.29) is 24.6 Å². The van der Waals surface area contributed by atoms with E-state index in [0.29, 0.717) is 38.9 Å². The minimum absolute atomic E-state index is 0.0947. The predicted molar refractivity (Wildman–Crippen MR) is 79.0 cm³/mol. The molecule has 0 saturated carbocycles. The molecule has 2 atom stereocenters. The normalized spacial score (nSPS) is 25.4. The molecule has 2 aliphatic rings. The summed E-state index contributed by atoms with van der Waals surface area (Å²) in [6.07, 6.45) is 3.46. The molecule has 8 heteroatoms. The minimum Gasteiger partial charge on any atom is -0.463 e. The number of hydrogen-bond acceptors (Lipinski definition) is 6. The second-order valence-electron chi connectivity index (χ2n) is 5.82. The van der Waals surface area contributed by atoms with Gasteiger partial charge in [0.15, 0.2) is 0 Å². The monoisotopic (exact) mass is 324 g/mol. The number of ether oxygens (including phenoxy) is 3. The lowest BCUT2D eigenvalue weighted by molar-refractivity contribution is -0.156. The summed E-state index contributed by atoms with van der Waals surface area (Å²) in [5.74, 6) is -0.302. The Balaban J connectivity index is 1.50. The van der Waals surface area contributed by atoms with E-state index in [9.17, 15) is 14.4 Å². The molecule has 2 aliphatic heterocycles. The molecule has 0 aromatic carbocycles. The van der Waals surface area contributed by atoms with Gasteiger partial charge in [-0.3, -0.25) is 19.1 Å². The SMILES string of the molecule is O=C(OCC1CCC(n2ccc(=O)[nH]c2=O)O1)C1CCOCC1. The third-order valence-corrected chi connectivity index (χ3v) is 4.21. The average Bonchev–Trinajstić information content (AvgIpc) is 3.02. The Morgan fingerprint density at radius 3 is 2.78 bits per heavy atom. The smallest absolute Gasteiger partial charge is 0.330 e. The van der Waals surface area contributed by atoms with Gasteiger partial charge in [-0.1, -0.05) is 0 Å². The molecule has 1 aromatic heterocycles. The van der Waals surface area contributed by atoms with Gasteiger partial charge < -0.3 is 14.2 Å². The predicted octanol–water partition coefficient (Wildman–Crippen LogP) is 0.184. The van der Waals surface area contributed by atoms with Gasteiger partial charge in [-0.15, -0.1) is 0 Å². The fourth-order valence-electron chi connectivity index (χ4n) is 2.89. The van der Waals surface area contributed by atoms with Crippen molar-refractivity contribution in [1.82, 2.24) is 9.55 Å². The van der Waals surface area contributed by atoms with E-state index in [4.69, 9.17) is 14.2 Å². The highest BCUT2D eigenvalue weighted by Gasteiger charge is 2.29. The van der Waals surface area contributed by atoms with Gasteiger partial charge in [0.05, 0.1) is 12.0 Å². The van der Waals surface area contributed by atoms with Crippen LogP contribution in [0.4, 0.5) is 0 Å². The molecule has 3 heterocycles. The molecule has 2 fully saturated rings. The third kappa shape index (κ3) is 3.89. The lowest BCUT2D eigenvalue weighted by Crippen LogP contribution is -2.32. The molecule has 0 bridgehead atoms. The highest BCUT2D eigenvalue weighted by atomic mass is 16.6. The van der Waals surface area contributed by atoms with Gasteiger partial charge in [0.2, 0.25) is 0 Å². The van der Waals surface area contributed by atoms with Crippen LogP contribution in [0.1, 0.15) is 31.9 Å². The number of nitrogens with one attached hydrogen (secondary N) is 1. The van der Waals surface area contributed by atoms with E-state index in [1.54, 1.807) is 0 Å². The summed E-state index contributed by atoms with van der Waals surface area (Å²) >= 11 is 0. The van der Waals surface area contributed by atoms with Crippen LogP contribution >= 0.6 is 0 Å². The zero-order chi connectivity index (χ0) is 16.2. The zero-order valence-corrected chi connectivity index (χ0v) is 12.7. The van der Waals surface area contributed by atoms with Gasteiger partial charge >= 0.3 is 11.7 Å². The van der Waals surface area contributed by atoms with Crippen molar-refractivity contribution in [2.45, 2.75) is 38.0 Å². The lowest BCUT2D eigenvalue weighted by atomic mass is 10.0. The number of aromatic amines is 1. The molecule has 0 amide bonds. The van der Waals surface area contributed by atoms with Crippen LogP contribution in [0, 0.1) is 5.92 Å². The zero-order valence-electron chi connectivity index (χ0n) is 12.7. The Labute approximate surface area is 132 Å². The Hall–Kier alpha value is -1.93. The number of rotatable bonds is 4. The van der Waals surface area contributed by atoms with Gasteiger partial charge in [0.25, 0.3) is 5.56 Å². The molecular weight excluding hydrogens is 304 g/mol. The second-order valence-corrected chi connectivity index (χ2v) is 5.82. The van der Waals surface area contributed by atoms with Crippen LogP contribution < -0.4 is 11.2 Å². The van der Waals surface area contributed by atoms with Crippen molar-refractivity contribution < 1.29 is 19.0 Å². The van der Waals surface area contributed by atoms with E-state index in [1.807, 2.05) is 0 Å². The molecule has 1 aromatic rings. The molecule has 1 N–H and O–H groups in total. The fourth-order valence-corrected chi connectivity index (χ4v) is 2.89. The van der Waals surface area contributed by atoms with Gasteiger partial charge in [-0.25, -0.2) is 4.79 Å². The van der Waals surface area contributed by atoms with Crippen molar-refractivity contribution in [3.63, 3.8) is 0 Å². The maximum atomic E-state index is 12.0. The summed E-state index contributed by atoms with van der Waals surface area (Å²) < 4.78 is 17.6. The van der Waals surface area contributed by atoms with Crippen LogP contribution in [0.3, 0.4) is 0 Å². The molecule has 0 aliphatic carbocycles. The van der Waals surface area contributed by atoms with Gasteiger partial charge in [0.1, 0.15) is 12.8 Å². The molecule has 2 unspecified atom stereocenters. The first kappa shape index (κ1) is 15.9. The van der Waals surface area contributed by atoms with Crippen LogP contribution in [0.15, 0.2) is 21.9 Å². The quantitative estimate of drug-likeness (QED) is 0.793. The van der Waals surface area contributed by atoms with Crippen molar-refractivity contribution >= 4 is 5.97 Å². The Morgan fingerprint density at radius 2 is 2.04 bits per heavy atom.